The van der Waals surface area contributed by atoms with Gasteiger partial charge in [-0.15, -0.1) is 0 Å². The molecule has 0 unspecified atom stereocenters. The minimum Gasteiger partial charge on any atom is -0.310 e. The zero-order chi connectivity index (χ0) is 15.0. The van der Waals surface area contributed by atoms with E-state index in [-0.39, 0.29) is 5.82 Å². The second kappa shape index (κ2) is 5.60. The van der Waals surface area contributed by atoms with Crippen molar-refractivity contribution in [1.82, 2.24) is 15.1 Å². The molecule has 4 heteroatoms. The van der Waals surface area contributed by atoms with Crippen molar-refractivity contribution in [2.45, 2.75) is 52.1 Å². The lowest BCUT2D eigenvalue weighted by molar-refractivity contribution is 0.585. The molecule has 0 amide bonds. The van der Waals surface area contributed by atoms with Gasteiger partial charge in [0.15, 0.2) is 0 Å². The van der Waals surface area contributed by atoms with Crippen molar-refractivity contribution < 1.29 is 4.39 Å². The van der Waals surface area contributed by atoms with Crippen LogP contribution < -0.4 is 5.32 Å². The van der Waals surface area contributed by atoms with Gasteiger partial charge in [-0.1, -0.05) is 13.8 Å². The molecule has 1 heterocycles. The zero-order valence-corrected chi connectivity index (χ0v) is 12.9. The Morgan fingerprint density at radius 3 is 2.76 bits per heavy atom. The number of nitrogens with one attached hydrogen (secondary N) is 1. The maximum atomic E-state index is 13.3. The Hall–Kier alpha value is -1.68. The van der Waals surface area contributed by atoms with Crippen LogP contribution in [0.5, 0.6) is 0 Å². The van der Waals surface area contributed by atoms with E-state index < -0.39 is 0 Å². The average molecular weight is 287 g/mol. The molecule has 1 fully saturated rings. The van der Waals surface area contributed by atoms with Crippen LogP contribution in [0.1, 0.15) is 49.4 Å². The van der Waals surface area contributed by atoms with Gasteiger partial charge in [-0.2, -0.15) is 5.10 Å². The highest BCUT2D eigenvalue weighted by atomic mass is 19.1. The first-order valence-corrected chi connectivity index (χ1v) is 7.63. The Balaban J connectivity index is 1.98. The van der Waals surface area contributed by atoms with Crippen molar-refractivity contribution >= 4 is 0 Å². The van der Waals surface area contributed by atoms with E-state index in [0.29, 0.717) is 12.0 Å². The molecule has 112 valence electrons. The predicted octanol–water partition coefficient (Wildman–Crippen LogP) is 3.70. The maximum absolute atomic E-state index is 13.3. The molecule has 3 nitrogen and oxygen atoms in total. The van der Waals surface area contributed by atoms with E-state index in [4.69, 9.17) is 0 Å². The number of hydrogen-bond donors (Lipinski definition) is 1. The van der Waals surface area contributed by atoms with Gasteiger partial charge in [-0.3, -0.25) is 0 Å². The lowest BCUT2D eigenvalue weighted by atomic mass is 10.1. The monoisotopic (exact) mass is 287 g/mol. The lowest BCUT2D eigenvalue weighted by Crippen LogP contribution is -2.22. The smallest absolute Gasteiger partial charge is 0.123 e. The Morgan fingerprint density at radius 2 is 2.14 bits per heavy atom. The molecule has 1 aromatic carbocycles. The highest BCUT2D eigenvalue weighted by molar-refractivity contribution is 5.43. The molecule has 0 atom stereocenters. The number of aryl methyl sites for hydroxylation is 1. The van der Waals surface area contributed by atoms with Crippen LogP contribution in [0.4, 0.5) is 4.39 Å². The van der Waals surface area contributed by atoms with Crippen molar-refractivity contribution in [1.29, 1.82) is 0 Å². The summed E-state index contributed by atoms with van der Waals surface area (Å²) in [7, 11) is 0. The summed E-state index contributed by atoms with van der Waals surface area (Å²) in [6, 6.07) is 5.35. The second-order valence-electron chi connectivity index (χ2n) is 6.21. The van der Waals surface area contributed by atoms with Crippen LogP contribution in [0.2, 0.25) is 0 Å². The maximum Gasteiger partial charge on any atom is 0.123 e. The zero-order valence-electron chi connectivity index (χ0n) is 12.9. The minimum atomic E-state index is -0.196. The molecule has 0 spiro atoms. The normalized spacial score (nSPS) is 14.9. The van der Waals surface area contributed by atoms with Gasteiger partial charge in [-0.05, 0) is 43.5 Å². The van der Waals surface area contributed by atoms with Crippen molar-refractivity contribution in [3.8, 4) is 5.69 Å². The molecule has 1 aromatic heterocycles. The number of hydrogen-bond acceptors (Lipinski definition) is 2. The third kappa shape index (κ3) is 3.00. The van der Waals surface area contributed by atoms with E-state index in [0.717, 1.165) is 17.8 Å². The molecule has 21 heavy (non-hydrogen) atoms. The summed E-state index contributed by atoms with van der Waals surface area (Å²) in [6.07, 6.45) is 4.40. The summed E-state index contributed by atoms with van der Waals surface area (Å²) in [5.74, 6) is 0.402. The predicted molar refractivity (Wildman–Crippen MR) is 82.2 cm³/mol. The van der Waals surface area contributed by atoms with Gasteiger partial charge in [0.25, 0.3) is 0 Å². The van der Waals surface area contributed by atoms with Gasteiger partial charge in [-0.25, -0.2) is 9.07 Å². The molecule has 1 saturated carbocycles. The summed E-state index contributed by atoms with van der Waals surface area (Å²) < 4.78 is 15.3. The topological polar surface area (TPSA) is 29.9 Å². The molecule has 0 aliphatic heterocycles. The number of benzene rings is 1. The fourth-order valence-electron chi connectivity index (χ4n) is 2.68. The number of halogens is 1. The van der Waals surface area contributed by atoms with E-state index in [2.05, 4.69) is 24.3 Å². The molecular weight excluding hydrogens is 265 g/mol. The van der Waals surface area contributed by atoms with E-state index in [1.54, 1.807) is 6.07 Å². The van der Waals surface area contributed by atoms with E-state index in [1.807, 2.05) is 23.9 Å². The molecule has 0 bridgehead atoms. The van der Waals surface area contributed by atoms with Crippen LogP contribution in [0.15, 0.2) is 24.4 Å². The fraction of sp³-hybridized carbons (Fsp3) is 0.471. The molecule has 0 saturated heterocycles. The number of rotatable bonds is 5. The van der Waals surface area contributed by atoms with Crippen LogP contribution in [-0.4, -0.2) is 15.8 Å². The van der Waals surface area contributed by atoms with Crippen LogP contribution in [0.3, 0.4) is 0 Å². The van der Waals surface area contributed by atoms with E-state index in [1.165, 1.54) is 30.2 Å². The molecule has 1 N–H and O–H groups in total. The van der Waals surface area contributed by atoms with Crippen molar-refractivity contribution in [2.24, 2.45) is 0 Å². The first kappa shape index (κ1) is 14.3. The highest BCUT2D eigenvalue weighted by Gasteiger charge is 2.30. The van der Waals surface area contributed by atoms with Crippen LogP contribution in [0.25, 0.3) is 5.69 Å². The Labute approximate surface area is 125 Å². The summed E-state index contributed by atoms with van der Waals surface area (Å²) in [5.41, 5.74) is 4.45. The van der Waals surface area contributed by atoms with Gasteiger partial charge < -0.3 is 5.32 Å². The Morgan fingerprint density at radius 1 is 1.38 bits per heavy atom. The van der Waals surface area contributed by atoms with Crippen molar-refractivity contribution in [2.75, 3.05) is 0 Å². The first-order chi connectivity index (χ1) is 10.1. The number of aromatic nitrogens is 2. The van der Waals surface area contributed by atoms with Gasteiger partial charge in [0.05, 0.1) is 17.6 Å². The quantitative estimate of drug-likeness (QED) is 0.909. The molecule has 1 aliphatic rings. The van der Waals surface area contributed by atoms with Gasteiger partial charge >= 0.3 is 0 Å². The van der Waals surface area contributed by atoms with Crippen LogP contribution in [0, 0.1) is 12.7 Å². The Kier molecular flexibility index (Phi) is 3.81. The average Bonchev–Trinajstić information content (AvgIpc) is 3.17. The van der Waals surface area contributed by atoms with E-state index in [9.17, 15) is 4.39 Å². The summed E-state index contributed by atoms with van der Waals surface area (Å²) in [5, 5.41) is 8.03. The first-order valence-electron chi connectivity index (χ1n) is 7.63. The van der Waals surface area contributed by atoms with Crippen LogP contribution in [-0.2, 0) is 6.54 Å². The fourth-order valence-corrected chi connectivity index (χ4v) is 2.68. The van der Waals surface area contributed by atoms with Crippen molar-refractivity contribution in [3.63, 3.8) is 0 Å². The SMILES string of the molecule is Cc1cc(F)ccc1-n1ncc(CNC(C)C)c1C1CC1. The van der Waals surface area contributed by atoms with Gasteiger partial charge in [0.1, 0.15) is 5.82 Å². The molecular formula is C17H22FN3. The molecule has 3 rings (SSSR count). The lowest BCUT2D eigenvalue weighted by Gasteiger charge is -2.13. The van der Waals surface area contributed by atoms with E-state index >= 15 is 0 Å². The third-order valence-corrected chi connectivity index (χ3v) is 3.94. The van der Waals surface area contributed by atoms with Crippen LogP contribution >= 0.6 is 0 Å². The largest absolute Gasteiger partial charge is 0.310 e. The molecule has 2 aromatic rings. The van der Waals surface area contributed by atoms with Gasteiger partial charge in [0.2, 0.25) is 0 Å². The minimum absolute atomic E-state index is 0.196. The highest BCUT2D eigenvalue weighted by Crippen LogP contribution is 2.42. The summed E-state index contributed by atoms with van der Waals surface area (Å²) in [4.78, 5) is 0. The number of nitrogens with zero attached hydrogens (tertiary/aromatic N) is 2. The third-order valence-electron chi connectivity index (χ3n) is 3.94. The standard InChI is InChI=1S/C17H22FN3/c1-11(2)19-9-14-10-20-21(17(14)13-4-5-13)16-7-6-15(18)8-12(16)3/h6-8,10-11,13,19H,4-5,9H2,1-3H3. The van der Waals surface area contributed by atoms with Gasteiger partial charge in [0, 0.05) is 24.1 Å². The van der Waals surface area contributed by atoms with Crippen molar-refractivity contribution in [3.05, 3.63) is 47.0 Å². The second-order valence-corrected chi connectivity index (χ2v) is 6.21. The Bertz CT molecular complexity index is 641. The molecule has 1 aliphatic carbocycles. The molecule has 0 radical (unpaired) electrons. The summed E-state index contributed by atoms with van der Waals surface area (Å²) >= 11 is 0. The summed E-state index contributed by atoms with van der Waals surface area (Å²) in [6.45, 7) is 7.06.